The van der Waals surface area contributed by atoms with E-state index in [0.29, 0.717) is 28.6 Å². The monoisotopic (exact) mass is 428 g/mol. The van der Waals surface area contributed by atoms with Crippen LogP contribution in [0.5, 0.6) is 0 Å². The Bertz CT molecular complexity index is 1210. The second-order valence-electron chi connectivity index (χ2n) is 8.76. The Kier molecular flexibility index (Phi) is 5.26. The summed E-state index contributed by atoms with van der Waals surface area (Å²) in [4.78, 5) is 15.1. The Morgan fingerprint density at radius 3 is 2.44 bits per heavy atom. The van der Waals surface area contributed by atoms with E-state index in [-0.39, 0.29) is 11.7 Å². The maximum atomic E-state index is 15.2. The van der Waals surface area contributed by atoms with Crippen LogP contribution in [0.1, 0.15) is 65.2 Å². The van der Waals surface area contributed by atoms with Crippen LogP contribution in [0.3, 0.4) is 0 Å². The molecular weight excluding hydrogens is 403 g/mol. The third kappa shape index (κ3) is 3.69. The van der Waals surface area contributed by atoms with E-state index < -0.39 is 0 Å². The number of nitriles is 1. The maximum absolute atomic E-state index is 15.2. The largest absolute Gasteiger partial charge is 0.337 e. The van der Waals surface area contributed by atoms with E-state index in [4.69, 9.17) is 5.26 Å². The molecular formula is C26H25FN4O. The highest BCUT2D eigenvalue weighted by Gasteiger charge is 2.28. The number of nitrogens with zero attached hydrogens (tertiary/aromatic N) is 4. The summed E-state index contributed by atoms with van der Waals surface area (Å²) >= 11 is 0. The Balaban J connectivity index is 1.63. The molecule has 1 aliphatic heterocycles. The van der Waals surface area contributed by atoms with Crippen LogP contribution in [0.4, 0.5) is 4.39 Å². The van der Waals surface area contributed by atoms with Gasteiger partial charge in [-0.25, -0.2) is 9.07 Å². The summed E-state index contributed by atoms with van der Waals surface area (Å²) in [5.41, 5.74) is 4.43. The summed E-state index contributed by atoms with van der Waals surface area (Å²) in [5, 5.41) is 13.8. The number of hydrogen-bond acceptors (Lipinski definition) is 3. The Morgan fingerprint density at radius 1 is 1.09 bits per heavy atom. The van der Waals surface area contributed by atoms with Gasteiger partial charge >= 0.3 is 0 Å². The topological polar surface area (TPSA) is 61.9 Å². The Morgan fingerprint density at radius 2 is 1.81 bits per heavy atom. The van der Waals surface area contributed by atoms with Crippen molar-refractivity contribution >= 4 is 5.91 Å². The van der Waals surface area contributed by atoms with Crippen LogP contribution >= 0.6 is 0 Å². The highest BCUT2D eigenvalue weighted by molar-refractivity contribution is 5.95. The molecule has 0 bridgehead atoms. The average molecular weight is 429 g/mol. The molecule has 2 fully saturated rings. The number of hydrogen-bond donors (Lipinski definition) is 0. The first kappa shape index (κ1) is 20.4. The number of halogens is 1. The molecule has 162 valence electrons. The Hall–Kier alpha value is -3.46. The van der Waals surface area contributed by atoms with Gasteiger partial charge in [0.15, 0.2) is 5.69 Å². The van der Waals surface area contributed by atoms with Crippen molar-refractivity contribution in [2.24, 2.45) is 0 Å². The first-order chi connectivity index (χ1) is 15.6. The van der Waals surface area contributed by atoms with Gasteiger partial charge in [-0.2, -0.15) is 10.4 Å². The molecule has 0 N–H and O–H groups in total. The molecule has 0 radical (unpaired) electrons. The van der Waals surface area contributed by atoms with Crippen LogP contribution in [0.25, 0.3) is 16.9 Å². The van der Waals surface area contributed by atoms with Crippen molar-refractivity contribution in [1.29, 1.82) is 5.26 Å². The summed E-state index contributed by atoms with van der Waals surface area (Å²) in [6, 6.07) is 14.5. The van der Waals surface area contributed by atoms with Gasteiger partial charge in [0, 0.05) is 24.2 Å². The number of carbonyl (C=O) groups excluding carboxylic acids is 1. The van der Waals surface area contributed by atoms with Crippen molar-refractivity contribution in [3.8, 4) is 23.0 Å². The third-order valence-electron chi connectivity index (χ3n) is 6.50. The van der Waals surface area contributed by atoms with Crippen molar-refractivity contribution in [2.45, 2.75) is 44.9 Å². The van der Waals surface area contributed by atoms with Crippen LogP contribution in [0.15, 0.2) is 42.5 Å². The van der Waals surface area contributed by atoms with Gasteiger partial charge in [-0.05, 0) is 74.8 Å². The van der Waals surface area contributed by atoms with Crippen LogP contribution in [-0.4, -0.2) is 33.7 Å². The molecule has 5 rings (SSSR count). The number of carbonyl (C=O) groups is 1. The molecule has 0 unspecified atom stereocenters. The lowest BCUT2D eigenvalue weighted by Crippen LogP contribution is -2.36. The SMILES string of the molecule is Cc1c(C(=O)N2CCCCC2)nn(-c2ccc(C3CC3)cc2F)c1-c1ccc(C#N)cc1. The van der Waals surface area contributed by atoms with Crippen molar-refractivity contribution in [3.05, 3.63) is 70.7 Å². The lowest BCUT2D eigenvalue weighted by Gasteiger charge is -2.26. The molecule has 2 heterocycles. The lowest BCUT2D eigenvalue weighted by atomic mass is 10.0. The molecule has 0 atom stereocenters. The minimum atomic E-state index is -0.344. The first-order valence-corrected chi connectivity index (χ1v) is 11.3. The highest BCUT2D eigenvalue weighted by Crippen LogP contribution is 2.41. The molecule has 2 aliphatic rings. The normalized spacial score (nSPS) is 16.1. The average Bonchev–Trinajstić information content (AvgIpc) is 3.62. The summed E-state index contributed by atoms with van der Waals surface area (Å²) in [6.07, 6.45) is 5.32. The van der Waals surface area contributed by atoms with Gasteiger partial charge in [0.1, 0.15) is 11.5 Å². The van der Waals surface area contributed by atoms with Crippen LogP contribution in [0, 0.1) is 24.1 Å². The minimum absolute atomic E-state index is 0.106. The van der Waals surface area contributed by atoms with Gasteiger partial charge < -0.3 is 4.90 Å². The van der Waals surface area contributed by atoms with E-state index >= 15 is 4.39 Å². The summed E-state index contributed by atoms with van der Waals surface area (Å²) in [7, 11) is 0. The number of piperidine rings is 1. The Labute approximate surface area is 187 Å². The molecule has 1 saturated carbocycles. The van der Waals surface area contributed by atoms with E-state index in [2.05, 4.69) is 11.2 Å². The predicted molar refractivity (Wildman–Crippen MR) is 120 cm³/mol. The number of amides is 1. The van der Waals surface area contributed by atoms with Crippen LogP contribution in [-0.2, 0) is 0 Å². The van der Waals surface area contributed by atoms with Gasteiger partial charge in [-0.3, -0.25) is 4.79 Å². The van der Waals surface area contributed by atoms with Crippen LogP contribution < -0.4 is 0 Å². The summed E-state index contributed by atoms with van der Waals surface area (Å²) in [6.45, 7) is 3.31. The molecule has 1 aromatic heterocycles. The molecule has 1 amide bonds. The standard InChI is InChI=1S/C26H25FN4O/c1-17-24(26(32)30-13-3-2-4-14-30)29-31(25(17)20-7-5-18(16-28)6-8-20)23-12-11-21(15-22(23)27)19-9-10-19/h5-8,11-12,15,19H,2-4,9-10,13-14H2,1H3. The lowest BCUT2D eigenvalue weighted by molar-refractivity contribution is 0.0717. The number of benzene rings is 2. The van der Waals surface area contributed by atoms with E-state index in [1.54, 1.807) is 28.9 Å². The first-order valence-electron chi connectivity index (χ1n) is 11.3. The van der Waals surface area contributed by atoms with Gasteiger partial charge in [0.2, 0.25) is 0 Å². The van der Waals surface area contributed by atoms with Crippen molar-refractivity contribution in [3.63, 3.8) is 0 Å². The second-order valence-corrected chi connectivity index (χ2v) is 8.76. The number of likely N-dealkylation sites (tertiary alicyclic amines) is 1. The molecule has 2 aromatic carbocycles. The molecule has 6 heteroatoms. The van der Waals surface area contributed by atoms with Crippen molar-refractivity contribution in [2.75, 3.05) is 13.1 Å². The summed E-state index contributed by atoms with van der Waals surface area (Å²) in [5.74, 6) is 0.00163. The van der Waals surface area contributed by atoms with Gasteiger partial charge in [-0.1, -0.05) is 18.2 Å². The summed E-state index contributed by atoms with van der Waals surface area (Å²) < 4.78 is 16.8. The van der Waals surface area contributed by atoms with Crippen molar-refractivity contribution < 1.29 is 9.18 Å². The zero-order chi connectivity index (χ0) is 22.2. The molecule has 5 nitrogen and oxygen atoms in total. The fourth-order valence-electron chi connectivity index (χ4n) is 4.53. The van der Waals surface area contributed by atoms with Gasteiger partial charge in [0.05, 0.1) is 17.3 Å². The van der Waals surface area contributed by atoms with E-state index in [0.717, 1.165) is 61.9 Å². The zero-order valence-corrected chi connectivity index (χ0v) is 18.1. The fraction of sp³-hybridized carbons (Fsp3) is 0.346. The second kappa shape index (κ2) is 8.23. The zero-order valence-electron chi connectivity index (χ0n) is 18.1. The molecule has 1 aliphatic carbocycles. The molecule has 1 saturated heterocycles. The van der Waals surface area contributed by atoms with Crippen LogP contribution in [0.2, 0.25) is 0 Å². The molecule has 3 aromatic rings. The number of rotatable bonds is 4. The van der Waals surface area contributed by atoms with Gasteiger partial charge in [0.25, 0.3) is 5.91 Å². The minimum Gasteiger partial charge on any atom is -0.337 e. The van der Waals surface area contributed by atoms with Gasteiger partial charge in [-0.15, -0.1) is 0 Å². The van der Waals surface area contributed by atoms with E-state index in [9.17, 15) is 4.79 Å². The molecule has 32 heavy (non-hydrogen) atoms. The molecule has 0 spiro atoms. The quantitative estimate of drug-likeness (QED) is 0.562. The smallest absolute Gasteiger partial charge is 0.274 e. The van der Waals surface area contributed by atoms with E-state index in [1.165, 1.54) is 0 Å². The highest BCUT2D eigenvalue weighted by atomic mass is 19.1. The number of aromatic nitrogens is 2. The van der Waals surface area contributed by atoms with E-state index in [1.807, 2.05) is 30.0 Å². The third-order valence-corrected chi connectivity index (χ3v) is 6.50. The van der Waals surface area contributed by atoms with Crippen molar-refractivity contribution in [1.82, 2.24) is 14.7 Å². The predicted octanol–water partition coefficient (Wildman–Crippen LogP) is 5.36. The fourth-order valence-corrected chi connectivity index (χ4v) is 4.53. The maximum Gasteiger partial charge on any atom is 0.274 e.